The SMILES string of the molecule is CCC(C)CS(=O)CCc1ccccc1N. The van der Waals surface area contributed by atoms with Crippen LogP contribution < -0.4 is 5.73 Å². The molecule has 0 spiro atoms. The van der Waals surface area contributed by atoms with Crippen molar-refractivity contribution in [3.8, 4) is 0 Å². The van der Waals surface area contributed by atoms with Crippen molar-refractivity contribution >= 4 is 16.5 Å². The van der Waals surface area contributed by atoms with Crippen LogP contribution in [-0.4, -0.2) is 15.7 Å². The Labute approximate surface area is 101 Å². The van der Waals surface area contributed by atoms with Gasteiger partial charge in [-0.25, -0.2) is 0 Å². The Hall–Kier alpha value is -0.830. The number of hydrogen-bond acceptors (Lipinski definition) is 2. The zero-order valence-corrected chi connectivity index (χ0v) is 10.9. The Bertz CT molecular complexity index is 352. The fraction of sp³-hybridized carbons (Fsp3) is 0.538. The van der Waals surface area contributed by atoms with Crippen molar-refractivity contribution in [2.45, 2.75) is 26.7 Å². The second-order valence-corrected chi connectivity index (χ2v) is 5.89. The zero-order valence-electron chi connectivity index (χ0n) is 10.1. The van der Waals surface area contributed by atoms with Crippen molar-refractivity contribution in [1.82, 2.24) is 0 Å². The molecule has 0 aromatic heterocycles. The molecule has 2 unspecified atom stereocenters. The van der Waals surface area contributed by atoms with Crippen LogP contribution in [0.1, 0.15) is 25.8 Å². The van der Waals surface area contributed by atoms with Crippen molar-refractivity contribution in [2.24, 2.45) is 5.92 Å². The standard InChI is InChI=1S/C13H21NOS/c1-3-11(2)10-16(15)9-8-12-6-4-5-7-13(12)14/h4-7,11H,3,8-10,14H2,1-2H3. The predicted octanol–water partition coefficient (Wildman–Crippen LogP) is 2.61. The highest BCUT2D eigenvalue weighted by Crippen LogP contribution is 2.12. The molecule has 2 atom stereocenters. The van der Waals surface area contributed by atoms with Gasteiger partial charge >= 0.3 is 0 Å². The molecule has 0 radical (unpaired) electrons. The Balaban J connectivity index is 2.40. The molecule has 1 aromatic carbocycles. The van der Waals surface area contributed by atoms with E-state index in [0.29, 0.717) is 5.92 Å². The molecule has 0 fully saturated rings. The van der Waals surface area contributed by atoms with Crippen LogP contribution >= 0.6 is 0 Å². The normalized spacial score (nSPS) is 14.6. The molecule has 0 heterocycles. The van der Waals surface area contributed by atoms with E-state index in [1.54, 1.807) is 0 Å². The zero-order chi connectivity index (χ0) is 12.0. The lowest BCUT2D eigenvalue weighted by Crippen LogP contribution is -2.12. The summed E-state index contributed by atoms with van der Waals surface area (Å²) in [5.41, 5.74) is 7.75. The van der Waals surface area contributed by atoms with E-state index >= 15 is 0 Å². The van der Waals surface area contributed by atoms with Crippen LogP contribution in [0.15, 0.2) is 24.3 Å². The van der Waals surface area contributed by atoms with E-state index in [9.17, 15) is 4.21 Å². The average molecular weight is 239 g/mol. The Morgan fingerprint density at radius 2 is 2.06 bits per heavy atom. The first-order valence-electron chi connectivity index (χ1n) is 5.81. The van der Waals surface area contributed by atoms with Gasteiger partial charge in [-0.1, -0.05) is 38.5 Å². The van der Waals surface area contributed by atoms with E-state index < -0.39 is 10.8 Å². The number of hydrogen-bond donors (Lipinski definition) is 1. The number of para-hydroxylation sites is 1. The van der Waals surface area contributed by atoms with E-state index in [-0.39, 0.29) is 0 Å². The predicted molar refractivity (Wildman–Crippen MR) is 71.9 cm³/mol. The number of rotatable bonds is 6. The van der Waals surface area contributed by atoms with Gasteiger partial charge in [-0.05, 0) is 24.0 Å². The van der Waals surface area contributed by atoms with Gasteiger partial charge in [0.25, 0.3) is 0 Å². The van der Waals surface area contributed by atoms with Gasteiger partial charge in [0.1, 0.15) is 0 Å². The number of nitrogen functional groups attached to an aromatic ring is 1. The van der Waals surface area contributed by atoms with Gasteiger partial charge in [-0.2, -0.15) is 0 Å². The highest BCUT2D eigenvalue weighted by atomic mass is 32.2. The summed E-state index contributed by atoms with van der Waals surface area (Å²) in [6.07, 6.45) is 1.91. The van der Waals surface area contributed by atoms with Crippen molar-refractivity contribution in [3.63, 3.8) is 0 Å². The lowest BCUT2D eigenvalue weighted by atomic mass is 10.1. The summed E-state index contributed by atoms with van der Waals surface area (Å²) in [6.45, 7) is 4.28. The summed E-state index contributed by atoms with van der Waals surface area (Å²) < 4.78 is 11.8. The number of nitrogens with two attached hydrogens (primary N) is 1. The summed E-state index contributed by atoms with van der Waals surface area (Å²) in [5.74, 6) is 2.08. The molecule has 0 saturated heterocycles. The van der Waals surface area contributed by atoms with Gasteiger partial charge in [0, 0.05) is 28.0 Å². The maximum atomic E-state index is 11.8. The van der Waals surface area contributed by atoms with Gasteiger partial charge in [0.15, 0.2) is 0 Å². The highest BCUT2D eigenvalue weighted by molar-refractivity contribution is 7.84. The van der Waals surface area contributed by atoms with Crippen molar-refractivity contribution < 1.29 is 4.21 Å². The second kappa shape index (κ2) is 6.69. The molecule has 3 heteroatoms. The van der Waals surface area contributed by atoms with E-state index in [1.807, 2.05) is 24.3 Å². The molecule has 0 aliphatic carbocycles. The Kier molecular flexibility index (Phi) is 5.53. The maximum absolute atomic E-state index is 11.8. The molecule has 2 nitrogen and oxygen atoms in total. The minimum absolute atomic E-state index is 0.550. The number of anilines is 1. The van der Waals surface area contributed by atoms with E-state index in [4.69, 9.17) is 5.73 Å². The van der Waals surface area contributed by atoms with E-state index in [2.05, 4.69) is 13.8 Å². The molecular weight excluding hydrogens is 218 g/mol. The lowest BCUT2D eigenvalue weighted by Gasteiger charge is -2.09. The van der Waals surface area contributed by atoms with Crippen LogP contribution in [0.3, 0.4) is 0 Å². The van der Waals surface area contributed by atoms with Crippen LogP contribution in [-0.2, 0) is 17.2 Å². The van der Waals surface area contributed by atoms with Gasteiger partial charge in [-0.3, -0.25) is 4.21 Å². The van der Waals surface area contributed by atoms with Crippen LogP contribution in [0.2, 0.25) is 0 Å². The Morgan fingerprint density at radius 1 is 1.38 bits per heavy atom. The fourth-order valence-corrected chi connectivity index (χ4v) is 2.99. The number of benzene rings is 1. The van der Waals surface area contributed by atoms with Crippen LogP contribution in [0.4, 0.5) is 5.69 Å². The minimum Gasteiger partial charge on any atom is -0.399 e. The molecule has 1 rings (SSSR count). The van der Waals surface area contributed by atoms with E-state index in [0.717, 1.165) is 35.6 Å². The second-order valence-electron chi connectivity index (χ2n) is 4.27. The average Bonchev–Trinajstić information content (AvgIpc) is 2.28. The topological polar surface area (TPSA) is 43.1 Å². The molecule has 0 aliphatic heterocycles. The minimum atomic E-state index is -0.714. The van der Waals surface area contributed by atoms with Gasteiger partial charge in [0.05, 0.1) is 0 Å². The molecule has 90 valence electrons. The van der Waals surface area contributed by atoms with Gasteiger partial charge in [-0.15, -0.1) is 0 Å². The first-order chi connectivity index (χ1) is 7.63. The fourth-order valence-electron chi connectivity index (χ4n) is 1.50. The quantitative estimate of drug-likeness (QED) is 0.775. The first kappa shape index (κ1) is 13.2. The molecule has 16 heavy (non-hydrogen) atoms. The summed E-state index contributed by atoms with van der Waals surface area (Å²) in [4.78, 5) is 0. The summed E-state index contributed by atoms with van der Waals surface area (Å²) >= 11 is 0. The van der Waals surface area contributed by atoms with Crippen LogP contribution in [0, 0.1) is 5.92 Å². The first-order valence-corrected chi connectivity index (χ1v) is 7.30. The van der Waals surface area contributed by atoms with Crippen molar-refractivity contribution in [1.29, 1.82) is 0 Å². The lowest BCUT2D eigenvalue weighted by molar-refractivity contribution is 0.615. The van der Waals surface area contributed by atoms with Gasteiger partial charge in [0.2, 0.25) is 0 Å². The third kappa shape index (κ3) is 4.35. The molecule has 1 aromatic rings. The van der Waals surface area contributed by atoms with Crippen LogP contribution in [0.25, 0.3) is 0 Å². The summed E-state index contributed by atoms with van der Waals surface area (Å²) in [7, 11) is -0.714. The highest BCUT2D eigenvalue weighted by Gasteiger charge is 2.07. The molecule has 0 aliphatic rings. The largest absolute Gasteiger partial charge is 0.399 e. The third-order valence-corrected chi connectivity index (χ3v) is 4.42. The molecule has 0 amide bonds. The smallest absolute Gasteiger partial charge is 0.0346 e. The summed E-state index contributed by atoms with van der Waals surface area (Å²) in [6, 6.07) is 7.81. The molecule has 0 saturated carbocycles. The monoisotopic (exact) mass is 239 g/mol. The molecular formula is C13H21NOS. The maximum Gasteiger partial charge on any atom is 0.0346 e. The summed E-state index contributed by atoms with van der Waals surface area (Å²) in [5, 5.41) is 0. The van der Waals surface area contributed by atoms with Crippen molar-refractivity contribution in [2.75, 3.05) is 17.2 Å². The van der Waals surface area contributed by atoms with Crippen LogP contribution in [0.5, 0.6) is 0 Å². The van der Waals surface area contributed by atoms with Gasteiger partial charge < -0.3 is 5.73 Å². The third-order valence-electron chi connectivity index (χ3n) is 2.82. The Morgan fingerprint density at radius 3 is 2.69 bits per heavy atom. The van der Waals surface area contributed by atoms with Crippen molar-refractivity contribution in [3.05, 3.63) is 29.8 Å². The number of aryl methyl sites for hydroxylation is 1. The van der Waals surface area contributed by atoms with E-state index in [1.165, 1.54) is 0 Å². The molecule has 2 N–H and O–H groups in total. The molecule has 0 bridgehead atoms.